The molecule has 1 unspecified atom stereocenters. The van der Waals surface area contributed by atoms with Crippen LogP contribution in [-0.4, -0.2) is 47.7 Å². The minimum absolute atomic E-state index is 0. The van der Waals surface area contributed by atoms with Crippen molar-refractivity contribution in [2.75, 3.05) is 22.9 Å². The number of benzene rings is 3. The molecule has 184 valence electrons. The zero-order chi connectivity index (χ0) is 24.5. The Labute approximate surface area is 219 Å². The van der Waals surface area contributed by atoms with E-state index in [2.05, 4.69) is 0 Å². The van der Waals surface area contributed by atoms with E-state index in [1.54, 1.807) is 53.4 Å². The van der Waals surface area contributed by atoms with Gasteiger partial charge in [-0.1, -0.05) is 54.6 Å². The number of carbonyl (C=O) groups excluding carboxylic acids is 4. The fourth-order valence-electron chi connectivity index (χ4n) is 4.69. The van der Waals surface area contributed by atoms with Gasteiger partial charge in [-0.3, -0.25) is 24.1 Å². The van der Waals surface area contributed by atoms with Crippen LogP contribution >= 0.6 is 17.0 Å². The highest BCUT2D eigenvalue weighted by Gasteiger charge is 2.40. The summed E-state index contributed by atoms with van der Waals surface area (Å²) in [7, 11) is 0. The van der Waals surface area contributed by atoms with Crippen molar-refractivity contribution >= 4 is 52.0 Å². The third-order valence-corrected chi connectivity index (χ3v) is 6.40. The van der Waals surface area contributed by atoms with E-state index in [1.165, 1.54) is 4.90 Å². The third-order valence-electron chi connectivity index (χ3n) is 6.40. The zero-order valence-electron chi connectivity index (χ0n) is 19.4. The van der Waals surface area contributed by atoms with Crippen LogP contribution in [0.2, 0.25) is 0 Å². The summed E-state index contributed by atoms with van der Waals surface area (Å²) >= 11 is 0. The summed E-state index contributed by atoms with van der Waals surface area (Å²) in [5, 5.41) is 0. The molecular formula is C27H25BrN4O4. The van der Waals surface area contributed by atoms with Crippen LogP contribution in [-0.2, 0) is 16.1 Å². The van der Waals surface area contributed by atoms with Gasteiger partial charge in [0.1, 0.15) is 6.54 Å². The monoisotopic (exact) mass is 548 g/mol. The molecule has 0 saturated carbocycles. The molecule has 2 aliphatic rings. The number of nitrogens with two attached hydrogens (primary N) is 1. The number of hydrogen-bond acceptors (Lipinski definition) is 5. The zero-order valence-corrected chi connectivity index (χ0v) is 21.1. The molecule has 2 heterocycles. The minimum atomic E-state index is -0.618. The summed E-state index contributed by atoms with van der Waals surface area (Å²) in [6.07, 6.45) is 0.0197. The van der Waals surface area contributed by atoms with Crippen LogP contribution in [0.4, 0.5) is 11.4 Å². The Morgan fingerprint density at radius 1 is 0.778 bits per heavy atom. The molecule has 0 aromatic heterocycles. The van der Waals surface area contributed by atoms with Crippen LogP contribution in [0.15, 0.2) is 78.9 Å². The number of fused-ring (bicyclic) bond motifs is 2. The molecule has 0 spiro atoms. The smallest absolute Gasteiger partial charge is 0.262 e. The second kappa shape index (κ2) is 10.4. The molecule has 0 saturated heterocycles. The average Bonchev–Trinajstić information content (AvgIpc) is 3.05. The number of nitrogens with zero attached hydrogens (tertiary/aromatic N) is 3. The van der Waals surface area contributed by atoms with Gasteiger partial charge in [0.05, 0.1) is 35.1 Å². The van der Waals surface area contributed by atoms with E-state index in [0.717, 1.165) is 10.5 Å². The topological polar surface area (TPSA) is 104 Å². The summed E-state index contributed by atoms with van der Waals surface area (Å²) in [5.74, 6) is -1.65. The molecule has 0 aliphatic carbocycles. The van der Waals surface area contributed by atoms with Crippen molar-refractivity contribution in [1.29, 1.82) is 0 Å². The molecular weight excluding hydrogens is 524 g/mol. The van der Waals surface area contributed by atoms with Crippen molar-refractivity contribution in [3.8, 4) is 0 Å². The first-order chi connectivity index (χ1) is 17.0. The van der Waals surface area contributed by atoms with Gasteiger partial charge in [0.15, 0.2) is 0 Å². The van der Waals surface area contributed by atoms with Crippen molar-refractivity contribution in [3.05, 3.63) is 95.6 Å². The lowest BCUT2D eigenvalue weighted by atomic mass is 10.1. The van der Waals surface area contributed by atoms with Gasteiger partial charge in [-0.15, -0.1) is 17.0 Å². The molecule has 3 aromatic carbocycles. The van der Waals surface area contributed by atoms with Crippen molar-refractivity contribution in [3.63, 3.8) is 0 Å². The standard InChI is InChI=1S/C27H24N4O4.BrH/c28-15-19-14-24(32)29(16-18-8-2-1-3-9-18)22-12-6-7-13-23(22)31(19)25(33)17-30-26(34)20-10-4-5-11-21(20)27(30)35;/h1-13,19H,14-17,28H2;1H. The molecule has 9 heteroatoms. The summed E-state index contributed by atoms with van der Waals surface area (Å²) < 4.78 is 0. The number of hydrogen-bond donors (Lipinski definition) is 1. The van der Waals surface area contributed by atoms with Crippen molar-refractivity contribution in [2.45, 2.75) is 19.0 Å². The number of rotatable bonds is 5. The summed E-state index contributed by atoms with van der Waals surface area (Å²) in [6.45, 7) is -0.0500. The third kappa shape index (κ3) is 4.43. The second-order valence-corrected chi connectivity index (χ2v) is 8.55. The highest BCUT2D eigenvalue weighted by Crippen LogP contribution is 2.36. The molecule has 0 fully saturated rings. The summed E-state index contributed by atoms with van der Waals surface area (Å²) in [6, 6.07) is 22.6. The maximum absolute atomic E-state index is 13.6. The second-order valence-electron chi connectivity index (χ2n) is 8.55. The Morgan fingerprint density at radius 3 is 1.94 bits per heavy atom. The van der Waals surface area contributed by atoms with Crippen LogP contribution in [0.25, 0.3) is 0 Å². The van der Waals surface area contributed by atoms with E-state index >= 15 is 0 Å². The maximum Gasteiger partial charge on any atom is 0.262 e. The fourth-order valence-corrected chi connectivity index (χ4v) is 4.69. The molecule has 4 amide bonds. The van der Waals surface area contributed by atoms with E-state index in [9.17, 15) is 19.2 Å². The van der Waals surface area contributed by atoms with Gasteiger partial charge in [-0.05, 0) is 29.8 Å². The van der Waals surface area contributed by atoms with Crippen LogP contribution in [0.5, 0.6) is 0 Å². The van der Waals surface area contributed by atoms with Gasteiger partial charge in [0, 0.05) is 13.0 Å². The van der Waals surface area contributed by atoms with Gasteiger partial charge >= 0.3 is 0 Å². The Morgan fingerprint density at radius 2 is 1.33 bits per heavy atom. The first-order valence-corrected chi connectivity index (χ1v) is 11.4. The molecule has 3 aromatic rings. The van der Waals surface area contributed by atoms with Crippen molar-refractivity contribution in [1.82, 2.24) is 4.90 Å². The number of amides is 4. The van der Waals surface area contributed by atoms with Gasteiger partial charge in [0.25, 0.3) is 11.8 Å². The number of para-hydroxylation sites is 2. The highest BCUT2D eigenvalue weighted by molar-refractivity contribution is 8.93. The van der Waals surface area contributed by atoms with Crippen LogP contribution in [0.3, 0.4) is 0 Å². The van der Waals surface area contributed by atoms with E-state index in [4.69, 9.17) is 5.73 Å². The lowest BCUT2D eigenvalue weighted by molar-refractivity contribution is -0.120. The Balaban J connectivity index is 0.00000304. The lowest BCUT2D eigenvalue weighted by Crippen LogP contribution is -2.50. The van der Waals surface area contributed by atoms with Gasteiger partial charge in [0.2, 0.25) is 11.8 Å². The van der Waals surface area contributed by atoms with Crippen LogP contribution in [0.1, 0.15) is 32.7 Å². The number of halogens is 1. The number of imide groups is 1. The average molecular weight is 549 g/mol. The minimum Gasteiger partial charge on any atom is -0.328 e. The van der Waals surface area contributed by atoms with E-state index in [0.29, 0.717) is 17.9 Å². The summed E-state index contributed by atoms with van der Waals surface area (Å²) in [5.41, 5.74) is 8.64. The normalized spacial score (nSPS) is 16.9. The molecule has 0 radical (unpaired) electrons. The Hall–Kier alpha value is -3.82. The molecule has 1 atom stereocenters. The van der Waals surface area contributed by atoms with Gasteiger partial charge in [-0.2, -0.15) is 0 Å². The maximum atomic E-state index is 13.6. The fraction of sp³-hybridized carbons (Fsp3) is 0.185. The molecule has 0 bridgehead atoms. The van der Waals surface area contributed by atoms with Gasteiger partial charge in [-0.25, -0.2) is 0 Å². The lowest BCUT2D eigenvalue weighted by Gasteiger charge is -2.31. The summed E-state index contributed by atoms with van der Waals surface area (Å²) in [4.78, 5) is 56.8. The molecule has 2 N–H and O–H groups in total. The predicted molar refractivity (Wildman–Crippen MR) is 141 cm³/mol. The first-order valence-electron chi connectivity index (χ1n) is 11.4. The van der Waals surface area contributed by atoms with Crippen LogP contribution < -0.4 is 15.5 Å². The molecule has 2 aliphatic heterocycles. The number of carbonyl (C=O) groups is 4. The van der Waals surface area contributed by atoms with E-state index in [-0.39, 0.29) is 47.0 Å². The van der Waals surface area contributed by atoms with Gasteiger partial charge < -0.3 is 15.5 Å². The molecule has 5 rings (SSSR count). The van der Waals surface area contributed by atoms with Crippen molar-refractivity contribution < 1.29 is 19.2 Å². The Bertz CT molecular complexity index is 1300. The van der Waals surface area contributed by atoms with E-state index in [1.807, 2.05) is 30.3 Å². The first kappa shape index (κ1) is 25.3. The molecule has 36 heavy (non-hydrogen) atoms. The van der Waals surface area contributed by atoms with E-state index < -0.39 is 30.3 Å². The number of anilines is 2. The molecule has 8 nitrogen and oxygen atoms in total. The van der Waals surface area contributed by atoms with Crippen molar-refractivity contribution in [2.24, 2.45) is 5.73 Å². The quantitative estimate of drug-likeness (QED) is 0.493. The SMILES string of the molecule is Br.NCC1CC(=O)N(Cc2ccccc2)c2ccccc2N1C(=O)CN1C(=O)c2ccccc2C1=O. The highest BCUT2D eigenvalue weighted by atomic mass is 79.9. The Kier molecular flexibility index (Phi) is 7.32. The largest absolute Gasteiger partial charge is 0.328 e. The predicted octanol–water partition coefficient (Wildman–Crippen LogP) is 3.16. The van der Waals surface area contributed by atoms with Crippen LogP contribution in [0, 0.1) is 0 Å².